The minimum absolute atomic E-state index is 0.0773. The van der Waals surface area contributed by atoms with E-state index in [1.165, 1.54) is 5.56 Å². The first-order chi connectivity index (χ1) is 16.2. The Morgan fingerprint density at radius 2 is 1.40 bits per heavy atom. The van der Waals surface area contributed by atoms with E-state index in [1.54, 1.807) is 0 Å². The van der Waals surface area contributed by atoms with Crippen molar-refractivity contribution in [3.05, 3.63) is 83.9 Å². The molecule has 1 N–H and O–H groups in total. The molecular formula is C30H45NO3Si. The Hall–Kier alpha value is -2.37. The number of hydrogen-bond donors (Lipinski definition) is 1. The number of amides is 1. The third-order valence-corrected chi connectivity index (χ3v) is 10.9. The first-order valence-electron chi connectivity index (χ1n) is 12.7. The third-order valence-electron chi connectivity index (χ3n) is 6.34. The quantitative estimate of drug-likeness (QED) is 0.271. The van der Waals surface area contributed by atoms with Crippen LogP contribution < -0.4 is 5.32 Å². The maximum atomic E-state index is 12.5. The highest BCUT2D eigenvalue weighted by Gasteiger charge is 2.39. The predicted octanol–water partition coefficient (Wildman–Crippen LogP) is 7.70. The van der Waals surface area contributed by atoms with Gasteiger partial charge < -0.3 is 14.5 Å². The summed E-state index contributed by atoms with van der Waals surface area (Å²) in [5.74, 6) is 0. The van der Waals surface area contributed by atoms with Crippen molar-refractivity contribution in [1.82, 2.24) is 5.32 Å². The second-order valence-electron chi connectivity index (χ2n) is 11.8. The SMILES string of the molecule is CC(C)(C)OC(=O)N[C@H](/C=C/C[C@H](Cc1ccccc1)O[Si](C)(C)C(C)(C)C)Cc1ccccc1. The van der Waals surface area contributed by atoms with Crippen LogP contribution in [0.1, 0.15) is 59.1 Å². The molecule has 0 fully saturated rings. The molecule has 0 aromatic heterocycles. The molecule has 1 amide bonds. The van der Waals surface area contributed by atoms with Gasteiger partial charge in [-0.3, -0.25) is 0 Å². The van der Waals surface area contributed by atoms with Crippen LogP contribution in [0.5, 0.6) is 0 Å². The van der Waals surface area contributed by atoms with Crippen LogP contribution in [0.3, 0.4) is 0 Å². The van der Waals surface area contributed by atoms with E-state index in [0.717, 1.165) is 18.4 Å². The minimum Gasteiger partial charge on any atom is -0.444 e. The van der Waals surface area contributed by atoms with E-state index in [1.807, 2.05) is 45.0 Å². The number of benzene rings is 2. The molecule has 0 bridgehead atoms. The highest BCUT2D eigenvalue weighted by Crippen LogP contribution is 2.38. The zero-order valence-electron chi connectivity index (χ0n) is 22.9. The van der Waals surface area contributed by atoms with E-state index < -0.39 is 20.0 Å². The van der Waals surface area contributed by atoms with Gasteiger partial charge in [-0.05, 0) is 69.3 Å². The lowest BCUT2D eigenvalue weighted by molar-refractivity contribution is 0.0514. The Kier molecular flexibility index (Phi) is 10.3. The Balaban J connectivity index is 2.18. The van der Waals surface area contributed by atoms with Gasteiger partial charge in [0.05, 0.1) is 12.1 Å². The van der Waals surface area contributed by atoms with E-state index in [0.29, 0.717) is 6.42 Å². The van der Waals surface area contributed by atoms with Crippen molar-refractivity contribution >= 4 is 14.4 Å². The molecule has 0 radical (unpaired) electrons. The normalized spacial score (nSPS) is 14.5. The molecule has 0 aliphatic rings. The Labute approximate surface area is 214 Å². The molecule has 0 heterocycles. The summed E-state index contributed by atoms with van der Waals surface area (Å²) in [6, 6.07) is 20.6. The van der Waals surface area contributed by atoms with Gasteiger partial charge in [-0.1, -0.05) is 93.6 Å². The third kappa shape index (κ3) is 10.8. The van der Waals surface area contributed by atoms with E-state index in [-0.39, 0.29) is 17.2 Å². The average Bonchev–Trinajstić information content (AvgIpc) is 2.72. The lowest BCUT2D eigenvalue weighted by atomic mass is 10.0. The molecular weight excluding hydrogens is 450 g/mol. The highest BCUT2D eigenvalue weighted by atomic mass is 28.4. The summed E-state index contributed by atoms with van der Waals surface area (Å²) in [5.41, 5.74) is 1.90. The summed E-state index contributed by atoms with van der Waals surface area (Å²) in [6.07, 6.45) is 6.26. The second-order valence-corrected chi connectivity index (χ2v) is 16.6. The lowest BCUT2D eigenvalue weighted by Gasteiger charge is -2.39. The molecule has 2 aromatic carbocycles. The number of nitrogens with one attached hydrogen (secondary N) is 1. The Morgan fingerprint density at radius 3 is 1.89 bits per heavy atom. The van der Waals surface area contributed by atoms with Crippen LogP contribution >= 0.6 is 0 Å². The standard InChI is InChI=1S/C30H45NO3Si/c1-29(2,3)33-28(32)31-26(22-24-16-11-9-12-17-24)20-15-21-27(23-25-18-13-10-14-19-25)34-35(7,8)30(4,5)6/h9-20,26-27H,21-23H2,1-8H3,(H,31,32)/b20-15+/t26-,27-/m1/s1. The van der Waals surface area contributed by atoms with Crippen LogP contribution in [0.15, 0.2) is 72.8 Å². The van der Waals surface area contributed by atoms with Crippen LogP contribution in [0.25, 0.3) is 0 Å². The van der Waals surface area contributed by atoms with Crippen molar-refractivity contribution in [2.45, 2.75) is 96.7 Å². The van der Waals surface area contributed by atoms with Crippen molar-refractivity contribution in [2.24, 2.45) is 0 Å². The fourth-order valence-corrected chi connectivity index (χ4v) is 4.90. The molecule has 2 rings (SSSR count). The largest absolute Gasteiger partial charge is 0.444 e. The molecule has 5 heteroatoms. The molecule has 2 atom stereocenters. The monoisotopic (exact) mass is 495 g/mol. The van der Waals surface area contributed by atoms with Crippen molar-refractivity contribution < 1.29 is 14.0 Å². The summed E-state index contributed by atoms with van der Waals surface area (Å²) < 4.78 is 12.3. The minimum atomic E-state index is -1.94. The number of hydrogen-bond acceptors (Lipinski definition) is 3. The van der Waals surface area contributed by atoms with E-state index in [2.05, 4.69) is 87.7 Å². The predicted molar refractivity (Wildman–Crippen MR) is 149 cm³/mol. The van der Waals surface area contributed by atoms with Crippen molar-refractivity contribution in [2.75, 3.05) is 0 Å². The first kappa shape index (κ1) is 28.9. The summed E-state index contributed by atoms with van der Waals surface area (Å²) in [7, 11) is -1.94. The van der Waals surface area contributed by atoms with Gasteiger partial charge in [0.25, 0.3) is 0 Å². The zero-order chi connectivity index (χ0) is 26.1. The first-order valence-corrected chi connectivity index (χ1v) is 15.6. The summed E-state index contributed by atoms with van der Waals surface area (Å²) in [6.45, 7) is 17.1. The number of carbonyl (C=O) groups excluding carboxylic acids is 1. The molecule has 35 heavy (non-hydrogen) atoms. The van der Waals surface area contributed by atoms with Gasteiger partial charge in [-0.15, -0.1) is 0 Å². The molecule has 0 unspecified atom stereocenters. The average molecular weight is 496 g/mol. The van der Waals surface area contributed by atoms with Gasteiger partial charge in [-0.2, -0.15) is 0 Å². The van der Waals surface area contributed by atoms with E-state index >= 15 is 0 Å². The molecule has 0 aliphatic carbocycles. The van der Waals surface area contributed by atoms with Gasteiger partial charge in [0.2, 0.25) is 0 Å². The fraction of sp³-hybridized carbons (Fsp3) is 0.500. The van der Waals surface area contributed by atoms with Gasteiger partial charge in [-0.25, -0.2) is 4.79 Å². The molecule has 4 nitrogen and oxygen atoms in total. The van der Waals surface area contributed by atoms with Crippen LogP contribution in [0.4, 0.5) is 4.79 Å². The van der Waals surface area contributed by atoms with E-state index in [4.69, 9.17) is 9.16 Å². The molecule has 0 aliphatic heterocycles. The molecule has 0 saturated carbocycles. The van der Waals surface area contributed by atoms with Crippen LogP contribution in [0.2, 0.25) is 18.1 Å². The van der Waals surface area contributed by atoms with Crippen LogP contribution in [-0.4, -0.2) is 32.2 Å². The summed E-state index contributed by atoms with van der Waals surface area (Å²) >= 11 is 0. The maximum Gasteiger partial charge on any atom is 0.408 e. The molecule has 0 spiro atoms. The number of rotatable bonds is 10. The zero-order valence-corrected chi connectivity index (χ0v) is 23.9. The smallest absolute Gasteiger partial charge is 0.408 e. The van der Waals surface area contributed by atoms with Crippen molar-refractivity contribution in [1.29, 1.82) is 0 Å². The molecule has 2 aromatic rings. The van der Waals surface area contributed by atoms with E-state index in [9.17, 15) is 4.79 Å². The van der Waals surface area contributed by atoms with Crippen LogP contribution in [0, 0.1) is 0 Å². The second kappa shape index (κ2) is 12.5. The Bertz CT molecular complexity index is 928. The maximum absolute atomic E-state index is 12.5. The number of alkyl carbamates (subject to hydrolysis) is 1. The summed E-state index contributed by atoms with van der Waals surface area (Å²) in [4.78, 5) is 12.5. The topological polar surface area (TPSA) is 47.6 Å². The van der Waals surface area contributed by atoms with Gasteiger partial charge in [0.1, 0.15) is 5.60 Å². The van der Waals surface area contributed by atoms with Crippen molar-refractivity contribution in [3.8, 4) is 0 Å². The van der Waals surface area contributed by atoms with Crippen molar-refractivity contribution in [3.63, 3.8) is 0 Å². The van der Waals surface area contributed by atoms with Gasteiger partial charge in [0, 0.05) is 0 Å². The summed E-state index contributed by atoms with van der Waals surface area (Å²) in [5, 5.41) is 3.18. The molecule has 192 valence electrons. The lowest BCUT2D eigenvalue weighted by Crippen LogP contribution is -2.44. The molecule has 0 saturated heterocycles. The van der Waals surface area contributed by atoms with Gasteiger partial charge >= 0.3 is 6.09 Å². The highest BCUT2D eigenvalue weighted by molar-refractivity contribution is 6.74. The number of carbonyl (C=O) groups is 1. The van der Waals surface area contributed by atoms with Gasteiger partial charge in [0.15, 0.2) is 8.32 Å². The fourth-order valence-electron chi connectivity index (χ4n) is 3.53. The van der Waals surface area contributed by atoms with Crippen LogP contribution in [-0.2, 0) is 22.0 Å². The Morgan fingerprint density at radius 1 is 0.886 bits per heavy atom. The number of ether oxygens (including phenoxy) is 1.